The van der Waals surface area contributed by atoms with E-state index < -0.39 is 11.8 Å². The number of carbonyl (C=O) groups excluding carboxylic acids is 2. The van der Waals surface area contributed by atoms with Gasteiger partial charge in [-0.15, -0.1) is 0 Å². The van der Waals surface area contributed by atoms with Crippen molar-refractivity contribution in [2.75, 3.05) is 18.4 Å². The number of likely N-dealkylation sites (tertiary alicyclic amines) is 1. The molecule has 1 N–H and O–H groups in total. The van der Waals surface area contributed by atoms with Crippen LogP contribution in [-0.2, 0) is 16.6 Å². The SMILES string of the molecule is Cn1ncnc1NC(=O)C(=O)N1CCC2(C=C2)CC1. The van der Waals surface area contributed by atoms with Crippen molar-refractivity contribution in [3.8, 4) is 0 Å². The van der Waals surface area contributed by atoms with Crippen LogP contribution in [0.5, 0.6) is 0 Å². The number of aromatic nitrogens is 3. The molecule has 1 aromatic heterocycles. The molecule has 0 bridgehead atoms. The molecule has 2 amide bonds. The zero-order chi connectivity index (χ0) is 13.5. The summed E-state index contributed by atoms with van der Waals surface area (Å²) >= 11 is 0. The number of anilines is 1. The van der Waals surface area contributed by atoms with Crippen LogP contribution in [0.3, 0.4) is 0 Å². The van der Waals surface area contributed by atoms with E-state index in [4.69, 9.17) is 0 Å². The van der Waals surface area contributed by atoms with Crippen molar-refractivity contribution >= 4 is 17.8 Å². The first-order valence-electron chi connectivity index (χ1n) is 6.24. The van der Waals surface area contributed by atoms with E-state index in [-0.39, 0.29) is 11.4 Å². The third kappa shape index (κ3) is 2.23. The van der Waals surface area contributed by atoms with Crippen molar-refractivity contribution in [2.45, 2.75) is 12.8 Å². The third-order valence-corrected chi connectivity index (χ3v) is 3.75. The van der Waals surface area contributed by atoms with Gasteiger partial charge in [-0.25, -0.2) is 4.68 Å². The largest absolute Gasteiger partial charge is 0.334 e. The molecule has 1 aliphatic heterocycles. The Morgan fingerprint density at radius 3 is 2.53 bits per heavy atom. The van der Waals surface area contributed by atoms with Gasteiger partial charge in [-0.1, -0.05) is 12.2 Å². The molecule has 1 fully saturated rings. The van der Waals surface area contributed by atoms with Gasteiger partial charge in [0.15, 0.2) is 0 Å². The van der Waals surface area contributed by atoms with Crippen LogP contribution < -0.4 is 5.32 Å². The Labute approximate surface area is 110 Å². The first kappa shape index (κ1) is 11.9. The Bertz CT molecular complexity index is 546. The minimum absolute atomic E-state index is 0.247. The fourth-order valence-corrected chi connectivity index (χ4v) is 2.29. The zero-order valence-corrected chi connectivity index (χ0v) is 10.7. The Balaban J connectivity index is 1.58. The van der Waals surface area contributed by atoms with E-state index in [1.807, 2.05) is 0 Å². The predicted octanol–water partition coefficient (Wildman–Crippen LogP) is -0.0678. The highest BCUT2D eigenvalue weighted by Gasteiger charge is 2.39. The van der Waals surface area contributed by atoms with Crippen molar-refractivity contribution in [2.24, 2.45) is 12.5 Å². The maximum absolute atomic E-state index is 12.0. The average molecular weight is 261 g/mol. The Morgan fingerprint density at radius 2 is 2.00 bits per heavy atom. The lowest BCUT2D eigenvalue weighted by molar-refractivity contribution is -0.144. The summed E-state index contributed by atoms with van der Waals surface area (Å²) in [6.07, 6.45) is 7.50. The topological polar surface area (TPSA) is 80.1 Å². The number of rotatable bonds is 1. The molecule has 0 aromatic carbocycles. The molecule has 7 heteroatoms. The van der Waals surface area contributed by atoms with Gasteiger partial charge in [0.2, 0.25) is 5.95 Å². The van der Waals surface area contributed by atoms with Crippen LogP contribution in [0.25, 0.3) is 0 Å². The minimum atomic E-state index is -0.657. The number of carbonyl (C=O) groups is 2. The van der Waals surface area contributed by atoms with Gasteiger partial charge in [-0.05, 0) is 12.8 Å². The van der Waals surface area contributed by atoms with Crippen LogP contribution >= 0.6 is 0 Å². The van der Waals surface area contributed by atoms with E-state index in [2.05, 4.69) is 27.6 Å². The number of piperidine rings is 1. The predicted molar refractivity (Wildman–Crippen MR) is 67.0 cm³/mol. The van der Waals surface area contributed by atoms with Gasteiger partial charge in [0.25, 0.3) is 0 Å². The number of allylic oxidation sites excluding steroid dienone is 2. The maximum atomic E-state index is 12.0. The molecule has 0 atom stereocenters. The molecule has 0 unspecified atom stereocenters. The van der Waals surface area contributed by atoms with Crippen LogP contribution in [0.4, 0.5) is 5.95 Å². The highest BCUT2D eigenvalue weighted by atomic mass is 16.2. The first-order valence-corrected chi connectivity index (χ1v) is 6.24. The first-order chi connectivity index (χ1) is 9.10. The van der Waals surface area contributed by atoms with Crippen molar-refractivity contribution < 1.29 is 9.59 Å². The Hall–Kier alpha value is -2.18. The summed E-state index contributed by atoms with van der Waals surface area (Å²) < 4.78 is 1.41. The molecule has 0 saturated carbocycles. The second-order valence-electron chi connectivity index (χ2n) is 5.02. The molecular weight excluding hydrogens is 246 g/mol. The van der Waals surface area contributed by atoms with Gasteiger partial charge >= 0.3 is 11.8 Å². The van der Waals surface area contributed by atoms with Gasteiger partial charge in [0, 0.05) is 25.6 Å². The summed E-state index contributed by atoms with van der Waals surface area (Å²) in [5.41, 5.74) is 0.247. The summed E-state index contributed by atoms with van der Waals surface area (Å²) in [5.74, 6) is -0.884. The van der Waals surface area contributed by atoms with Gasteiger partial charge in [0.1, 0.15) is 6.33 Å². The summed E-state index contributed by atoms with van der Waals surface area (Å²) in [6, 6.07) is 0. The highest BCUT2D eigenvalue weighted by Crippen LogP contribution is 2.44. The molecule has 3 rings (SSSR count). The molecular formula is C12H15N5O2. The molecule has 7 nitrogen and oxygen atoms in total. The lowest BCUT2D eigenvalue weighted by Gasteiger charge is -2.31. The van der Waals surface area contributed by atoms with Crippen molar-refractivity contribution in [1.82, 2.24) is 19.7 Å². The monoisotopic (exact) mass is 261 g/mol. The molecule has 100 valence electrons. The fraction of sp³-hybridized carbons (Fsp3) is 0.500. The normalized spacial score (nSPS) is 19.5. The van der Waals surface area contributed by atoms with Crippen LogP contribution in [-0.4, -0.2) is 44.6 Å². The van der Waals surface area contributed by atoms with Gasteiger partial charge in [0.05, 0.1) is 0 Å². The number of nitrogens with one attached hydrogen (secondary N) is 1. The van der Waals surface area contributed by atoms with Crippen molar-refractivity contribution in [3.05, 3.63) is 18.5 Å². The second kappa shape index (κ2) is 4.18. The summed E-state index contributed by atoms with van der Waals surface area (Å²) in [5, 5.41) is 6.29. The number of amides is 2. The van der Waals surface area contributed by atoms with E-state index in [1.165, 1.54) is 11.0 Å². The molecule has 19 heavy (non-hydrogen) atoms. The maximum Gasteiger partial charge on any atom is 0.316 e. The van der Waals surface area contributed by atoms with Gasteiger partial charge < -0.3 is 4.90 Å². The van der Waals surface area contributed by atoms with Crippen molar-refractivity contribution in [1.29, 1.82) is 0 Å². The third-order valence-electron chi connectivity index (χ3n) is 3.75. The molecule has 2 heterocycles. The van der Waals surface area contributed by atoms with E-state index in [0.717, 1.165) is 12.8 Å². The van der Waals surface area contributed by atoms with Crippen LogP contribution in [0.2, 0.25) is 0 Å². The van der Waals surface area contributed by atoms with Crippen LogP contribution in [0, 0.1) is 5.41 Å². The lowest BCUT2D eigenvalue weighted by atomic mass is 9.91. The zero-order valence-electron chi connectivity index (χ0n) is 10.7. The molecule has 1 aromatic rings. The number of hydrogen-bond donors (Lipinski definition) is 1. The van der Waals surface area contributed by atoms with Crippen LogP contribution in [0.15, 0.2) is 18.5 Å². The Kier molecular flexibility index (Phi) is 2.62. The quantitative estimate of drug-likeness (QED) is 0.567. The standard InChI is InChI=1S/C12H15N5O2/c1-16-11(13-8-14-16)15-9(18)10(19)17-6-4-12(2-3-12)5-7-17/h2-3,8H,4-7H2,1H3,(H,13,14,15,18). The van der Waals surface area contributed by atoms with Crippen LogP contribution in [0.1, 0.15) is 12.8 Å². The summed E-state index contributed by atoms with van der Waals surface area (Å²) in [6.45, 7) is 1.25. The summed E-state index contributed by atoms with van der Waals surface area (Å²) in [7, 11) is 1.65. The number of aryl methyl sites for hydroxylation is 1. The van der Waals surface area contributed by atoms with E-state index >= 15 is 0 Å². The highest BCUT2D eigenvalue weighted by molar-refractivity contribution is 6.39. The average Bonchev–Trinajstić information content (AvgIpc) is 3.05. The minimum Gasteiger partial charge on any atom is -0.334 e. The van der Waals surface area contributed by atoms with Gasteiger partial charge in [-0.3, -0.25) is 14.9 Å². The molecule has 1 saturated heterocycles. The second-order valence-corrected chi connectivity index (χ2v) is 5.02. The van der Waals surface area contributed by atoms with E-state index in [9.17, 15) is 9.59 Å². The smallest absolute Gasteiger partial charge is 0.316 e. The molecule has 0 radical (unpaired) electrons. The summed E-state index contributed by atoms with van der Waals surface area (Å²) in [4.78, 5) is 29.3. The lowest BCUT2D eigenvalue weighted by Crippen LogP contribution is -2.45. The van der Waals surface area contributed by atoms with E-state index in [0.29, 0.717) is 13.1 Å². The molecule has 2 aliphatic rings. The molecule has 1 aliphatic carbocycles. The van der Waals surface area contributed by atoms with E-state index in [1.54, 1.807) is 11.9 Å². The van der Waals surface area contributed by atoms with Gasteiger partial charge in [-0.2, -0.15) is 10.1 Å². The van der Waals surface area contributed by atoms with Crippen molar-refractivity contribution in [3.63, 3.8) is 0 Å². The number of hydrogen-bond acceptors (Lipinski definition) is 4. The fourth-order valence-electron chi connectivity index (χ4n) is 2.29. The molecule has 1 spiro atoms. The Morgan fingerprint density at radius 1 is 1.32 bits per heavy atom. The number of nitrogens with zero attached hydrogens (tertiary/aromatic N) is 4.